The van der Waals surface area contributed by atoms with Crippen molar-refractivity contribution in [2.75, 3.05) is 6.61 Å². The Labute approximate surface area is 261 Å². The smallest absolute Gasteiger partial charge is 0.338 e. The summed E-state index contributed by atoms with van der Waals surface area (Å²) >= 11 is 7.52. The Morgan fingerprint density at radius 1 is 0.977 bits per heavy atom. The van der Waals surface area contributed by atoms with Gasteiger partial charge in [-0.05, 0) is 42.8 Å². The van der Waals surface area contributed by atoms with Crippen LogP contribution in [-0.2, 0) is 16.1 Å². The molecule has 5 aromatic rings. The van der Waals surface area contributed by atoms with Gasteiger partial charge in [-0.3, -0.25) is 9.36 Å². The molecule has 6 nitrogen and oxygen atoms in total. The van der Waals surface area contributed by atoms with E-state index in [9.17, 15) is 14.0 Å². The van der Waals surface area contributed by atoms with Gasteiger partial charge in [0.1, 0.15) is 18.2 Å². The van der Waals surface area contributed by atoms with Crippen molar-refractivity contribution in [3.05, 3.63) is 161 Å². The van der Waals surface area contributed by atoms with Crippen LogP contribution in [0.25, 0.3) is 11.8 Å². The summed E-state index contributed by atoms with van der Waals surface area (Å²) in [7, 11) is 0. The molecule has 0 radical (unpaired) electrons. The zero-order valence-electron chi connectivity index (χ0n) is 23.6. The first-order valence-corrected chi connectivity index (χ1v) is 15.1. The number of fused-ring (bicyclic) bond motifs is 1. The van der Waals surface area contributed by atoms with Crippen molar-refractivity contribution in [2.24, 2.45) is 4.99 Å². The van der Waals surface area contributed by atoms with E-state index in [1.165, 1.54) is 28.0 Å². The Morgan fingerprint density at radius 2 is 1.68 bits per heavy atom. The third-order valence-corrected chi connectivity index (χ3v) is 8.46. The third-order valence-electron chi connectivity index (χ3n) is 7.11. The normalized spacial score (nSPS) is 14.6. The van der Waals surface area contributed by atoms with Gasteiger partial charge in [0.2, 0.25) is 0 Å². The number of benzene rings is 4. The van der Waals surface area contributed by atoms with Crippen molar-refractivity contribution in [1.29, 1.82) is 0 Å². The summed E-state index contributed by atoms with van der Waals surface area (Å²) in [4.78, 5) is 32.9. The van der Waals surface area contributed by atoms with Crippen LogP contribution in [0.5, 0.6) is 5.75 Å². The number of hydrogen-bond acceptors (Lipinski definition) is 6. The lowest BCUT2D eigenvalue weighted by Gasteiger charge is -2.25. The van der Waals surface area contributed by atoms with Gasteiger partial charge in [-0.15, -0.1) is 0 Å². The number of nitrogens with zero attached hydrogens (tertiary/aromatic N) is 2. The number of ether oxygens (including phenoxy) is 2. The fourth-order valence-corrected chi connectivity index (χ4v) is 6.23. The molecule has 1 atom stereocenters. The summed E-state index contributed by atoms with van der Waals surface area (Å²) in [5.41, 5.74) is 3.02. The maximum atomic E-state index is 14.1. The van der Waals surface area contributed by atoms with Gasteiger partial charge in [-0.1, -0.05) is 102 Å². The van der Waals surface area contributed by atoms with Gasteiger partial charge in [0.25, 0.3) is 5.56 Å². The number of esters is 1. The van der Waals surface area contributed by atoms with Crippen LogP contribution in [-0.4, -0.2) is 17.1 Å². The molecule has 0 saturated carbocycles. The molecule has 0 bridgehead atoms. The first-order valence-electron chi connectivity index (χ1n) is 13.9. The van der Waals surface area contributed by atoms with Crippen molar-refractivity contribution in [3.8, 4) is 5.75 Å². The number of hydrogen-bond donors (Lipinski definition) is 0. The molecule has 4 aromatic carbocycles. The predicted molar refractivity (Wildman–Crippen MR) is 170 cm³/mol. The number of rotatable bonds is 8. The third kappa shape index (κ3) is 5.86. The van der Waals surface area contributed by atoms with Crippen LogP contribution in [0, 0.1) is 5.82 Å². The van der Waals surface area contributed by atoms with Crippen molar-refractivity contribution < 1.29 is 18.7 Å². The second kappa shape index (κ2) is 12.8. The highest BCUT2D eigenvalue weighted by atomic mass is 35.5. The van der Waals surface area contributed by atoms with Gasteiger partial charge in [-0.2, -0.15) is 0 Å². The van der Waals surface area contributed by atoms with Gasteiger partial charge < -0.3 is 9.47 Å². The van der Waals surface area contributed by atoms with E-state index < -0.39 is 17.8 Å². The maximum Gasteiger partial charge on any atom is 0.338 e. The highest BCUT2D eigenvalue weighted by molar-refractivity contribution is 7.07. The van der Waals surface area contributed by atoms with E-state index >= 15 is 0 Å². The topological polar surface area (TPSA) is 69.9 Å². The van der Waals surface area contributed by atoms with E-state index in [-0.39, 0.29) is 24.3 Å². The molecule has 6 rings (SSSR count). The lowest BCUT2D eigenvalue weighted by Crippen LogP contribution is -2.40. The SMILES string of the molecule is CCOC(=O)C1=C(c2ccccc2)N=c2s/c(=C/c3ccccc3OCc3ccccc3Cl)c(=O)n2[C@@H]1c1ccc(F)cc1. The summed E-state index contributed by atoms with van der Waals surface area (Å²) in [5, 5.41) is 0.603. The van der Waals surface area contributed by atoms with Crippen LogP contribution in [0.15, 0.2) is 118 Å². The average Bonchev–Trinajstić information content (AvgIpc) is 3.35. The quantitative estimate of drug-likeness (QED) is 0.190. The van der Waals surface area contributed by atoms with E-state index in [0.717, 1.165) is 5.56 Å². The van der Waals surface area contributed by atoms with Crippen molar-refractivity contribution >= 4 is 40.7 Å². The molecule has 220 valence electrons. The predicted octanol–water partition coefficient (Wildman–Crippen LogP) is 6.31. The van der Waals surface area contributed by atoms with Crippen LogP contribution in [0.2, 0.25) is 5.02 Å². The Morgan fingerprint density at radius 3 is 2.43 bits per heavy atom. The first-order chi connectivity index (χ1) is 21.4. The molecule has 9 heteroatoms. The Bertz CT molecular complexity index is 2050. The Hall–Kier alpha value is -4.79. The number of para-hydroxylation sites is 1. The largest absolute Gasteiger partial charge is 0.488 e. The van der Waals surface area contributed by atoms with Crippen LogP contribution >= 0.6 is 22.9 Å². The molecule has 0 aliphatic carbocycles. The van der Waals surface area contributed by atoms with Gasteiger partial charge in [0.05, 0.1) is 28.5 Å². The highest BCUT2D eigenvalue weighted by Crippen LogP contribution is 2.35. The zero-order chi connectivity index (χ0) is 30.6. The average molecular weight is 625 g/mol. The van der Waals surface area contributed by atoms with E-state index in [2.05, 4.69) is 0 Å². The van der Waals surface area contributed by atoms with Crippen molar-refractivity contribution in [1.82, 2.24) is 4.57 Å². The number of aromatic nitrogens is 1. The monoisotopic (exact) mass is 624 g/mol. The second-order valence-electron chi connectivity index (χ2n) is 9.90. The zero-order valence-corrected chi connectivity index (χ0v) is 25.1. The summed E-state index contributed by atoms with van der Waals surface area (Å²) in [6.45, 7) is 2.10. The fraction of sp³-hybridized carbons (Fsp3) is 0.114. The van der Waals surface area contributed by atoms with E-state index in [0.29, 0.717) is 42.5 Å². The fourth-order valence-electron chi connectivity index (χ4n) is 5.04. The summed E-state index contributed by atoms with van der Waals surface area (Å²) in [5.74, 6) is -0.456. The summed E-state index contributed by atoms with van der Waals surface area (Å²) in [6.07, 6.45) is 1.75. The molecule has 0 N–H and O–H groups in total. The van der Waals surface area contributed by atoms with Crippen LogP contribution in [0.4, 0.5) is 4.39 Å². The first kappa shape index (κ1) is 29.3. The number of halogens is 2. The minimum absolute atomic E-state index is 0.135. The molecular weight excluding hydrogens is 599 g/mol. The molecule has 0 fully saturated rings. The van der Waals surface area contributed by atoms with Crippen LogP contribution in [0.1, 0.15) is 35.2 Å². The Balaban J connectivity index is 1.52. The van der Waals surface area contributed by atoms with E-state index in [4.69, 9.17) is 26.1 Å². The highest BCUT2D eigenvalue weighted by Gasteiger charge is 2.35. The van der Waals surface area contributed by atoms with E-state index in [1.54, 1.807) is 31.2 Å². The molecule has 1 aromatic heterocycles. The van der Waals surface area contributed by atoms with Crippen LogP contribution < -0.4 is 19.6 Å². The molecule has 0 amide bonds. The molecule has 0 saturated heterocycles. The number of thiazole rings is 1. The minimum atomic E-state index is -0.894. The van der Waals surface area contributed by atoms with Gasteiger partial charge in [0, 0.05) is 21.7 Å². The Kier molecular flexibility index (Phi) is 8.54. The van der Waals surface area contributed by atoms with Crippen molar-refractivity contribution in [3.63, 3.8) is 0 Å². The maximum absolute atomic E-state index is 14.1. The summed E-state index contributed by atoms with van der Waals surface area (Å²) < 4.78 is 27.5. The van der Waals surface area contributed by atoms with Gasteiger partial charge in [-0.25, -0.2) is 14.2 Å². The molecule has 0 unspecified atom stereocenters. The van der Waals surface area contributed by atoms with Crippen molar-refractivity contribution in [2.45, 2.75) is 19.6 Å². The lowest BCUT2D eigenvalue weighted by atomic mass is 9.93. The minimum Gasteiger partial charge on any atom is -0.488 e. The van der Waals surface area contributed by atoms with Gasteiger partial charge >= 0.3 is 5.97 Å². The second-order valence-corrected chi connectivity index (χ2v) is 11.3. The van der Waals surface area contributed by atoms with E-state index in [1.807, 2.05) is 72.8 Å². The lowest BCUT2D eigenvalue weighted by molar-refractivity contribution is -0.138. The molecule has 1 aliphatic rings. The number of carbonyl (C=O) groups excluding carboxylic acids is 1. The van der Waals surface area contributed by atoms with Gasteiger partial charge in [0.15, 0.2) is 4.80 Å². The molecule has 2 heterocycles. The molecule has 1 aliphatic heterocycles. The molecule has 0 spiro atoms. The van der Waals surface area contributed by atoms with Crippen LogP contribution in [0.3, 0.4) is 0 Å². The standard InChI is InChI=1S/C35H26ClFN2O4S/c1-2-42-34(41)30-31(22-10-4-3-5-11-22)38-35-39(32(30)23-16-18-26(37)19-17-23)33(40)29(44-35)20-24-12-7-9-15-28(24)43-21-25-13-6-8-14-27(25)36/h3-20,32H,2,21H2,1H3/b29-20+/t32-/m1/s1. The summed E-state index contributed by atoms with van der Waals surface area (Å²) in [6, 6.07) is 29.0. The molecular formula is C35H26ClFN2O4S. The number of carbonyl (C=O) groups is 1. The molecule has 44 heavy (non-hydrogen) atoms.